The third-order valence-electron chi connectivity index (χ3n) is 7.31. The summed E-state index contributed by atoms with van der Waals surface area (Å²) in [5.41, 5.74) is 1.84. The normalized spacial score (nSPS) is 16.7. The van der Waals surface area contributed by atoms with E-state index in [2.05, 4.69) is 16.0 Å². The number of carbonyl (C=O) groups excluding carboxylic acids is 2. The molecule has 0 saturated heterocycles. The summed E-state index contributed by atoms with van der Waals surface area (Å²) in [6.45, 7) is 0.513. The molecule has 0 unspecified atom stereocenters. The number of rotatable bonds is 8. The largest absolute Gasteiger partial charge is 0.362 e. The van der Waals surface area contributed by atoms with Gasteiger partial charge in [0.2, 0.25) is 5.95 Å². The molecule has 0 aliphatic heterocycles. The molecule has 1 saturated carbocycles. The Morgan fingerprint density at radius 2 is 1.61 bits per heavy atom. The van der Waals surface area contributed by atoms with E-state index in [9.17, 15) is 9.59 Å². The van der Waals surface area contributed by atoms with Crippen molar-refractivity contribution in [3.8, 4) is 0 Å². The predicted octanol–water partition coefficient (Wildman–Crippen LogP) is 6.66. The molecule has 0 bridgehead atoms. The van der Waals surface area contributed by atoms with E-state index in [1.807, 2.05) is 49.3 Å². The first kappa shape index (κ1) is 28.6. The van der Waals surface area contributed by atoms with Crippen LogP contribution in [-0.2, 0) is 0 Å². The lowest BCUT2D eigenvalue weighted by molar-refractivity contribution is 0.0944. The van der Waals surface area contributed by atoms with Gasteiger partial charge in [0.25, 0.3) is 11.8 Å². The molecule has 0 radical (unpaired) electrons. The van der Waals surface area contributed by atoms with Crippen molar-refractivity contribution in [3.63, 3.8) is 0 Å². The zero-order valence-electron chi connectivity index (χ0n) is 23.0. The van der Waals surface area contributed by atoms with Crippen molar-refractivity contribution in [2.24, 2.45) is 5.92 Å². The number of halogens is 2. The Bertz CT molecular complexity index is 1560. The van der Waals surface area contributed by atoms with Gasteiger partial charge in [-0.1, -0.05) is 53.5 Å². The summed E-state index contributed by atoms with van der Waals surface area (Å²) < 4.78 is 0. The summed E-state index contributed by atoms with van der Waals surface area (Å²) in [5.74, 6) is 1.15. The number of hydrogen-bond donors (Lipinski definition) is 3. The van der Waals surface area contributed by atoms with E-state index in [1.165, 1.54) is 12.1 Å². The van der Waals surface area contributed by atoms with Gasteiger partial charge in [0.1, 0.15) is 5.82 Å². The van der Waals surface area contributed by atoms with Crippen LogP contribution in [0.15, 0.2) is 66.7 Å². The zero-order chi connectivity index (χ0) is 28.9. The fraction of sp³-hybridized carbons (Fsp3) is 0.290. The number of nitrogens with one attached hydrogen (secondary N) is 3. The van der Waals surface area contributed by atoms with Crippen LogP contribution in [0.4, 0.5) is 17.5 Å². The average Bonchev–Trinajstić information content (AvgIpc) is 2.97. The van der Waals surface area contributed by atoms with E-state index in [0.29, 0.717) is 29.0 Å². The molecule has 8 nitrogen and oxygen atoms in total. The van der Waals surface area contributed by atoms with Crippen LogP contribution < -0.4 is 20.9 Å². The summed E-state index contributed by atoms with van der Waals surface area (Å²) in [7, 11) is 3.96. The first-order chi connectivity index (χ1) is 19.8. The van der Waals surface area contributed by atoms with Gasteiger partial charge in [-0.15, -0.1) is 0 Å². The fourth-order valence-corrected chi connectivity index (χ4v) is 5.69. The number of para-hydroxylation sites is 1. The minimum absolute atomic E-state index is 0.201. The molecule has 1 aromatic heterocycles. The molecule has 3 N–H and O–H groups in total. The molecule has 1 aliphatic rings. The molecular formula is C31H32Cl2N6O2. The van der Waals surface area contributed by atoms with Gasteiger partial charge < -0.3 is 20.9 Å². The van der Waals surface area contributed by atoms with Crippen LogP contribution >= 0.6 is 23.2 Å². The summed E-state index contributed by atoms with van der Waals surface area (Å²) >= 11 is 12.6. The second kappa shape index (κ2) is 12.7. The molecule has 41 heavy (non-hydrogen) atoms. The molecule has 4 aromatic rings. The Kier molecular flexibility index (Phi) is 8.90. The minimum Gasteiger partial charge on any atom is -0.362 e. The lowest BCUT2D eigenvalue weighted by atomic mass is 9.86. The standard InChI is InChI=1S/C31H32Cl2N6O2/c1-39(2)28-23-10-6-7-11-26(23)36-31(38-28)35-22-14-12-19(13-15-22)18-34-30(41)24-16-21(32)17-25(33)27(24)37-29(40)20-8-4-3-5-9-20/h3-11,16-17,19,22H,12-15,18H2,1-2H3,(H,34,41)(H,37,40)(H,35,36,38). The van der Waals surface area contributed by atoms with Crippen LogP contribution in [0.3, 0.4) is 0 Å². The Balaban J connectivity index is 1.19. The number of anilines is 3. The highest BCUT2D eigenvalue weighted by Gasteiger charge is 2.24. The van der Waals surface area contributed by atoms with E-state index in [0.717, 1.165) is 42.4 Å². The molecule has 0 atom stereocenters. The zero-order valence-corrected chi connectivity index (χ0v) is 24.5. The van der Waals surface area contributed by atoms with E-state index >= 15 is 0 Å². The topological polar surface area (TPSA) is 99.3 Å². The van der Waals surface area contributed by atoms with Crippen LogP contribution in [0.1, 0.15) is 46.4 Å². The van der Waals surface area contributed by atoms with Crippen molar-refractivity contribution in [2.75, 3.05) is 36.2 Å². The highest BCUT2D eigenvalue weighted by atomic mass is 35.5. The molecule has 1 fully saturated rings. The Labute approximate surface area is 249 Å². The highest BCUT2D eigenvalue weighted by molar-refractivity contribution is 6.38. The third kappa shape index (κ3) is 6.89. The quantitative estimate of drug-likeness (QED) is 0.212. The Morgan fingerprint density at radius 3 is 2.34 bits per heavy atom. The van der Waals surface area contributed by atoms with E-state index in [4.69, 9.17) is 33.2 Å². The maximum atomic E-state index is 13.2. The average molecular weight is 592 g/mol. The summed E-state index contributed by atoms with van der Waals surface area (Å²) in [6, 6.07) is 20.0. The molecule has 10 heteroatoms. The van der Waals surface area contributed by atoms with Crippen molar-refractivity contribution in [1.29, 1.82) is 0 Å². The maximum Gasteiger partial charge on any atom is 0.255 e. The minimum atomic E-state index is -0.359. The molecule has 3 aromatic carbocycles. The molecule has 212 valence electrons. The van der Waals surface area contributed by atoms with Gasteiger partial charge in [-0.3, -0.25) is 9.59 Å². The Morgan fingerprint density at radius 1 is 0.902 bits per heavy atom. The van der Waals surface area contributed by atoms with E-state index in [1.54, 1.807) is 24.3 Å². The fourth-order valence-electron chi connectivity index (χ4n) is 5.15. The lowest BCUT2D eigenvalue weighted by Crippen LogP contribution is -2.34. The van der Waals surface area contributed by atoms with Gasteiger partial charge in [0, 0.05) is 42.7 Å². The lowest BCUT2D eigenvalue weighted by Gasteiger charge is -2.29. The third-order valence-corrected chi connectivity index (χ3v) is 7.83. The Hall–Kier alpha value is -3.88. The number of amides is 2. The number of nitrogens with zero attached hydrogens (tertiary/aromatic N) is 3. The van der Waals surface area contributed by atoms with Crippen molar-refractivity contribution in [1.82, 2.24) is 15.3 Å². The predicted molar refractivity (Wildman–Crippen MR) is 166 cm³/mol. The van der Waals surface area contributed by atoms with Crippen LogP contribution in [-0.4, -0.2) is 48.5 Å². The molecular weight excluding hydrogens is 559 g/mol. The molecule has 5 rings (SSSR count). The number of hydrogen-bond acceptors (Lipinski definition) is 6. The van der Waals surface area contributed by atoms with Crippen LogP contribution in [0, 0.1) is 5.92 Å². The van der Waals surface area contributed by atoms with Crippen molar-refractivity contribution >= 4 is 63.4 Å². The van der Waals surface area contributed by atoms with Crippen molar-refractivity contribution in [3.05, 3.63) is 87.9 Å². The maximum absolute atomic E-state index is 13.2. The summed E-state index contributed by atoms with van der Waals surface area (Å²) in [6.07, 6.45) is 3.77. The van der Waals surface area contributed by atoms with Crippen LogP contribution in [0.2, 0.25) is 10.0 Å². The van der Waals surface area contributed by atoms with Crippen LogP contribution in [0.5, 0.6) is 0 Å². The number of carbonyl (C=O) groups is 2. The number of fused-ring (bicyclic) bond motifs is 1. The van der Waals surface area contributed by atoms with Gasteiger partial charge in [-0.05, 0) is 68.0 Å². The van der Waals surface area contributed by atoms with Gasteiger partial charge in [-0.25, -0.2) is 4.98 Å². The van der Waals surface area contributed by atoms with Gasteiger partial charge in [0.05, 0.1) is 21.8 Å². The molecule has 0 spiro atoms. The van der Waals surface area contributed by atoms with E-state index < -0.39 is 0 Å². The molecule has 1 heterocycles. The van der Waals surface area contributed by atoms with Gasteiger partial charge in [-0.2, -0.15) is 4.98 Å². The highest BCUT2D eigenvalue weighted by Crippen LogP contribution is 2.32. The van der Waals surface area contributed by atoms with Crippen molar-refractivity contribution < 1.29 is 9.59 Å². The summed E-state index contributed by atoms with van der Waals surface area (Å²) in [5, 5.41) is 10.9. The van der Waals surface area contributed by atoms with Crippen LogP contribution in [0.25, 0.3) is 10.9 Å². The van der Waals surface area contributed by atoms with Crippen molar-refractivity contribution in [2.45, 2.75) is 31.7 Å². The smallest absolute Gasteiger partial charge is 0.255 e. The van der Waals surface area contributed by atoms with Gasteiger partial charge >= 0.3 is 0 Å². The summed E-state index contributed by atoms with van der Waals surface area (Å²) in [4.78, 5) is 37.5. The second-order valence-electron chi connectivity index (χ2n) is 10.5. The molecule has 1 aliphatic carbocycles. The SMILES string of the molecule is CN(C)c1nc(NC2CCC(CNC(=O)c3cc(Cl)cc(Cl)c3NC(=O)c3ccccc3)CC2)nc2ccccc12. The number of aromatic nitrogens is 2. The first-order valence-electron chi connectivity index (χ1n) is 13.6. The van der Waals surface area contributed by atoms with E-state index in [-0.39, 0.29) is 34.1 Å². The second-order valence-corrected chi connectivity index (χ2v) is 11.3. The first-order valence-corrected chi connectivity index (χ1v) is 14.4. The van der Waals surface area contributed by atoms with Gasteiger partial charge in [0.15, 0.2) is 0 Å². The monoisotopic (exact) mass is 590 g/mol. The molecule has 2 amide bonds. The number of benzene rings is 3.